The van der Waals surface area contributed by atoms with E-state index in [4.69, 9.17) is 18.9 Å². The van der Waals surface area contributed by atoms with Crippen LogP contribution in [0.15, 0.2) is 36.4 Å². The topological polar surface area (TPSA) is 103 Å². The van der Waals surface area contributed by atoms with Crippen LogP contribution in [0.3, 0.4) is 0 Å². The van der Waals surface area contributed by atoms with Crippen molar-refractivity contribution in [3.63, 3.8) is 0 Å². The van der Waals surface area contributed by atoms with Gasteiger partial charge in [0.15, 0.2) is 18.1 Å². The van der Waals surface area contributed by atoms with Crippen molar-refractivity contribution in [3.8, 4) is 17.2 Å². The van der Waals surface area contributed by atoms with E-state index in [1.807, 2.05) is 0 Å². The van der Waals surface area contributed by atoms with Gasteiger partial charge in [-0.2, -0.15) is 0 Å². The first-order chi connectivity index (χ1) is 14.3. The zero-order valence-corrected chi connectivity index (χ0v) is 17.5. The van der Waals surface area contributed by atoms with Crippen LogP contribution in [0.25, 0.3) is 0 Å². The molecular formula is C21H24N2O7. The lowest BCUT2D eigenvalue weighted by Crippen LogP contribution is -2.22. The Morgan fingerprint density at radius 3 is 2.03 bits per heavy atom. The SMILES string of the molecule is COc1ccc(C(=O)OCC(=O)Nc2ccc(C(=O)N(C)C)cc2)c(OC)c1OC. The first kappa shape index (κ1) is 22.5. The summed E-state index contributed by atoms with van der Waals surface area (Å²) >= 11 is 0. The lowest BCUT2D eigenvalue weighted by atomic mass is 10.1. The molecule has 0 spiro atoms. The zero-order chi connectivity index (χ0) is 22.3. The number of rotatable bonds is 8. The number of ether oxygens (including phenoxy) is 4. The number of hydrogen-bond donors (Lipinski definition) is 1. The third-order valence-corrected chi connectivity index (χ3v) is 4.08. The summed E-state index contributed by atoms with van der Waals surface area (Å²) in [5, 5.41) is 2.60. The molecule has 0 aliphatic heterocycles. The summed E-state index contributed by atoms with van der Waals surface area (Å²) in [5.41, 5.74) is 1.05. The Balaban J connectivity index is 2.01. The van der Waals surface area contributed by atoms with Crippen LogP contribution in [-0.2, 0) is 9.53 Å². The predicted molar refractivity (Wildman–Crippen MR) is 109 cm³/mol. The largest absolute Gasteiger partial charge is 0.493 e. The normalized spacial score (nSPS) is 10.0. The molecule has 9 nitrogen and oxygen atoms in total. The lowest BCUT2D eigenvalue weighted by Gasteiger charge is -2.15. The molecule has 0 unspecified atom stereocenters. The Morgan fingerprint density at radius 1 is 0.867 bits per heavy atom. The summed E-state index contributed by atoms with van der Waals surface area (Å²) in [7, 11) is 7.56. The van der Waals surface area contributed by atoms with E-state index in [0.29, 0.717) is 17.0 Å². The molecule has 0 atom stereocenters. The van der Waals surface area contributed by atoms with E-state index >= 15 is 0 Å². The average Bonchev–Trinajstić information content (AvgIpc) is 2.76. The van der Waals surface area contributed by atoms with Crippen molar-refractivity contribution in [1.29, 1.82) is 0 Å². The van der Waals surface area contributed by atoms with Gasteiger partial charge in [0.25, 0.3) is 11.8 Å². The number of nitrogens with one attached hydrogen (secondary N) is 1. The number of esters is 1. The zero-order valence-electron chi connectivity index (χ0n) is 17.5. The summed E-state index contributed by atoms with van der Waals surface area (Å²) in [6, 6.07) is 9.37. The molecule has 0 bridgehead atoms. The molecule has 0 aromatic heterocycles. The molecule has 0 radical (unpaired) electrons. The van der Waals surface area contributed by atoms with Gasteiger partial charge in [0.2, 0.25) is 5.75 Å². The van der Waals surface area contributed by atoms with Gasteiger partial charge in [-0.3, -0.25) is 9.59 Å². The van der Waals surface area contributed by atoms with Crippen LogP contribution >= 0.6 is 0 Å². The van der Waals surface area contributed by atoms with Crippen LogP contribution in [0.4, 0.5) is 5.69 Å². The van der Waals surface area contributed by atoms with Gasteiger partial charge in [-0.15, -0.1) is 0 Å². The highest BCUT2D eigenvalue weighted by Gasteiger charge is 2.22. The van der Waals surface area contributed by atoms with Crippen molar-refractivity contribution in [2.75, 3.05) is 47.3 Å². The number of carbonyl (C=O) groups excluding carboxylic acids is 3. The van der Waals surface area contributed by atoms with Crippen LogP contribution in [-0.4, -0.2) is 64.7 Å². The molecular weight excluding hydrogens is 392 g/mol. The second-order valence-electron chi connectivity index (χ2n) is 6.28. The van der Waals surface area contributed by atoms with Gasteiger partial charge >= 0.3 is 5.97 Å². The van der Waals surface area contributed by atoms with Gasteiger partial charge in [0, 0.05) is 25.3 Å². The second kappa shape index (κ2) is 10.1. The minimum absolute atomic E-state index is 0.0921. The number of amides is 2. The van der Waals surface area contributed by atoms with Gasteiger partial charge in [0.1, 0.15) is 5.56 Å². The molecule has 160 valence electrons. The van der Waals surface area contributed by atoms with Crippen LogP contribution in [0.5, 0.6) is 17.2 Å². The van der Waals surface area contributed by atoms with E-state index < -0.39 is 18.5 Å². The summed E-state index contributed by atoms with van der Waals surface area (Å²) < 4.78 is 20.7. The number of methoxy groups -OCH3 is 3. The second-order valence-corrected chi connectivity index (χ2v) is 6.28. The first-order valence-electron chi connectivity index (χ1n) is 8.90. The van der Waals surface area contributed by atoms with Crippen LogP contribution in [0, 0.1) is 0 Å². The molecule has 0 aliphatic carbocycles. The summed E-state index contributed by atoms with van der Waals surface area (Å²) in [4.78, 5) is 37.9. The highest BCUT2D eigenvalue weighted by Crippen LogP contribution is 2.39. The van der Waals surface area contributed by atoms with Crippen LogP contribution in [0.1, 0.15) is 20.7 Å². The Labute approximate surface area is 174 Å². The maximum absolute atomic E-state index is 12.4. The standard InChI is InChI=1S/C21H24N2O7/c1-23(2)20(25)13-6-8-14(9-7-13)22-17(24)12-30-21(26)15-10-11-16(27-3)19(29-5)18(15)28-4/h6-11H,12H2,1-5H3,(H,22,24). The molecule has 2 aromatic carbocycles. The molecule has 0 aliphatic rings. The maximum atomic E-state index is 12.4. The Morgan fingerprint density at radius 2 is 1.50 bits per heavy atom. The average molecular weight is 416 g/mol. The number of hydrogen-bond acceptors (Lipinski definition) is 7. The predicted octanol–water partition coefficient (Wildman–Crippen LogP) is 2.21. The maximum Gasteiger partial charge on any atom is 0.342 e. The van der Waals surface area contributed by atoms with E-state index in [2.05, 4.69) is 5.32 Å². The van der Waals surface area contributed by atoms with Gasteiger partial charge in [0.05, 0.1) is 21.3 Å². The molecule has 2 rings (SSSR count). The molecule has 0 saturated heterocycles. The van der Waals surface area contributed by atoms with Crippen molar-refractivity contribution in [2.45, 2.75) is 0 Å². The molecule has 0 fully saturated rings. The van der Waals surface area contributed by atoms with Crippen molar-refractivity contribution in [1.82, 2.24) is 4.90 Å². The number of nitrogens with zero attached hydrogens (tertiary/aromatic N) is 1. The van der Waals surface area contributed by atoms with Gasteiger partial charge in [-0.1, -0.05) is 0 Å². The fourth-order valence-corrected chi connectivity index (χ4v) is 2.62. The number of benzene rings is 2. The fourth-order valence-electron chi connectivity index (χ4n) is 2.62. The molecule has 2 aromatic rings. The van der Waals surface area contributed by atoms with E-state index in [1.165, 1.54) is 38.4 Å². The highest BCUT2D eigenvalue weighted by atomic mass is 16.5. The third-order valence-electron chi connectivity index (χ3n) is 4.08. The molecule has 0 saturated carbocycles. The summed E-state index contributed by atoms with van der Waals surface area (Å²) in [5.74, 6) is -0.662. The Bertz CT molecular complexity index is 924. The van der Waals surface area contributed by atoms with Gasteiger partial charge < -0.3 is 29.2 Å². The quantitative estimate of drug-likeness (QED) is 0.658. The first-order valence-corrected chi connectivity index (χ1v) is 8.90. The van der Waals surface area contributed by atoms with E-state index in [9.17, 15) is 14.4 Å². The number of anilines is 1. The van der Waals surface area contributed by atoms with E-state index in [0.717, 1.165) is 0 Å². The minimum atomic E-state index is -0.755. The van der Waals surface area contributed by atoms with Crippen molar-refractivity contribution in [2.24, 2.45) is 0 Å². The van der Waals surface area contributed by atoms with E-state index in [1.54, 1.807) is 38.4 Å². The summed E-state index contributed by atoms with van der Waals surface area (Å²) in [6.07, 6.45) is 0. The fraction of sp³-hybridized carbons (Fsp3) is 0.286. The monoisotopic (exact) mass is 416 g/mol. The Kier molecular flexibility index (Phi) is 7.62. The number of carbonyl (C=O) groups is 3. The summed E-state index contributed by atoms with van der Waals surface area (Å²) in [6.45, 7) is -0.505. The molecule has 30 heavy (non-hydrogen) atoms. The van der Waals surface area contributed by atoms with Gasteiger partial charge in [-0.05, 0) is 36.4 Å². The smallest absolute Gasteiger partial charge is 0.342 e. The van der Waals surface area contributed by atoms with Crippen molar-refractivity contribution < 1.29 is 33.3 Å². The van der Waals surface area contributed by atoms with Crippen LogP contribution < -0.4 is 19.5 Å². The molecule has 1 N–H and O–H groups in total. The van der Waals surface area contributed by atoms with Crippen molar-refractivity contribution in [3.05, 3.63) is 47.5 Å². The minimum Gasteiger partial charge on any atom is -0.493 e. The lowest BCUT2D eigenvalue weighted by molar-refractivity contribution is -0.119. The third kappa shape index (κ3) is 5.19. The van der Waals surface area contributed by atoms with Crippen molar-refractivity contribution >= 4 is 23.5 Å². The highest BCUT2D eigenvalue weighted by molar-refractivity contribution is 5.98. The molecule has 0 heterocycles. The van der Waals surface area contributed by atoms with Gasteiger partial charge in [-0.25, -0.2) is 4.79 Å². The Hall–Kier alpha value is -3.75. The van der Waals surface area contributed by atoms with Crippen LogP contribution in [0.2, 0.25) is 0 Å². The molecule has 9 heteroatoms. The molecule has 2 amide bonds. The van der Waals surface area contributed by atoms with E-state index in [-0.39, 0.29) is 23.0 Å².